The molecule has 3 amide bonds. The third-order valence-corrected chi connectivity index (χ3v) is 7.31. The summed E-state index contributed by atoms with van der Waals surface area (Å²) in [7, 11) is 1.90. The average molecular weight is 472 g/mol. The van der Waals surface area contributed by atoms with Crippen molar-refractivity contribution in [1.29, 1.82) is 0 Å². The predicted octanol–water partition coefficient (Wildman–Crippen LogP) is 2.15. The number of rotatable bonds is 4. The Hall–Kier alpha value is -3.14. The number of piperidine rings is 2. The summed E-state index contributed by atoms with van der Waals surface area (Å²) < 4.78 is 32.5. The van der Waals surface area contributed by atoms with Crippen LogP contribution in [-0.4, -0.2) is 56.4 Å². The third kappa shape index (κ3) is 3.89. The molecule has 4 heterocycles. The van der Waals surface area contributed by atoms with Crippen LogP contribution in [-0.2, 0) is 29.7 Å². The van der Waals surface area contributed by atoms with Crippen molar-refractivity contribution in [3.05, 3.63) is 51.8 Å². The van der Waals surface area contributed by atoms with Crippen molar-refractivity contribution in [1.82, 2.24) is 24.9 Å². The van der Waals surface area contributed by atoms with Gasteiger partial charge in [0.25, 0.3) is 5.91 Å². The molecule has 8 nitrogen and oxygen atoms in total. The van der Waals surface area contributed by atoms with E-state index in [2.05, 4.69) is 15.3 Å². The number of hydrogen-bond acceptors (Lipinski definition) is 5. The van der Waals surface area contributed by atoms with Crippen LogP contribution in [0.25, 0.3) is 0 Å². The van der Waals surface area contributed by atoms with E-state index in [1.54, 1.807) is 0 Å². The van der Waals surface area contributed by atoms with Crippen molar-refractivity contribution < 1.29 is 23.2 Å². The number of aromatic nitrogens is 2. The van der Waals surface area contributed by atoms with Crippen molar-refractivity contribution in [2.45, 2.75) is 57.7 Å². The molecule has 1 atom stereocenters. The van der Waals surface area contributed by atoms with E-state index in [-0.39, 0.29) is 42.0 Å². The quantitative estimate of drug-likeness (QED) is 0.691. The SMILES string of the molecule is Cc1cc(CN2CCC(c3c(F)cc4c(c3F)CN(C3CCC(=O)NC3=O)C4=O)CC2)nn1C. The second-order valence-corrected chi connectivity index (χ2v) is 9.46. The van der Waals surface area contributed by atoms with E-state index in [0.717, 1.165) is 17.5 Å². The molecule has 2 fully saturated rings. The second kappa shape index (κ2) is 8.57. The summed E-state index contributed by atoms with van der Waals surface area (Å²) in [5.74, 6) is -3.23. The molecule has 180 valence electrons. The number of imide groups is 1. The van der Waals surface area contributed by atoms with Gasteiger partial charge in [-0.05, 0) is 57.3 Å². The largest absolute Gasteiger partial charge is 0.322 e. The number of carbonyl (C=O) groups excluding carboxylic acids is 3. The molecule has 0 aliphatic carbocycles. The molecule has 34 heavy (non-hydrogen) atoms. The first-order valence-electron chi connectivity index (χ1n) is 11.6. The Balaban J connectivity index is 1.31. The molecule has 2 saturated heterocycles. The third-order valence-electron chi connectivity index (χ3n) is 7.31. The van der Waals surface area contributed by atoms with Crippen molar-refractivity contribution >= 4 is 17.7 Å². The molecular formula is C24H27F2N5O3. The zero-order chi connectivity index (χ0) is 24.1. The fraction of sp³-hybridized carbons (Fsp3) is 0.500. The lowest BCUT2D eigenvalue weighted by atomic mass is 9.86. The molecule has 3 aliphatic heterocycles. The van der Waals surface area contributed by atoms with E-state index >= 15 is 8.78 Å². The van der Waals surface area contributed by atoms with Crippen molar-refractivity contribution in [3.8, 4) is 0 Å². The van der Waals surface area contributed by atoms with Gasteiger partial charge in [-0.3, -0.25) is 29.3 Å². The van der Waals surface area contributed by atoms with Gasteiger partial charge in [0.05, 0.1) is 17.8 Å². The minimum atomic E-state index is -0.859. The summed E-state index contributed by atoms with van der Waals surface area (Å²) in [6, 6.07) is 2.30. The highest BCUT2D eigenvalue weighted by atomic mass is 19.1. The van der Waals surface area contributed by atoms with Gasteiger partial charge in [0.15, 0.2) is 0 Å². The average Bonchev–Trinajstić information content (AvgIpc) is 3.28. The molecule has 0 bridgehead atoms. The molecule has 0 spiro atoms. The number of halogens is 2. The van der Waals surface area contributed by atoms with Crippen molar-refractivity contribution in [2.24, 2.45) is 7.05 Å². The number of fused-ring (bicyclic) bond motifs is 1. The Morgan fingerprint density at radius 3 is 2.50 bits per heavy atom. The van der Waals surface area contributed by atoms with Crippen LogP contribution in [0.1, 0.15) is 64.5 Å². The molecule has 1 aromatic heterocycles. The zero-order valence-electron chi connectivity index (χ0n) is 19.2. The lowest BCUT2D eigenvalue weighted by molar-refractivity contribution is -0.136. The first-order chi connectivity index (χ1) is 16.2. The summed E-state index contributed by atoms with van der Waals surface area (Å²) in [6.45, 7) is 3.97. The van der Waals surface area contributed by atoms with E-state index in [4.69, 9.17) is 0 Å². The van der Waals surface area contributed by atoms with Crippen LogP contribution < -0.4 is 5.32 Å². The highest BCUT2D eigenvalue weighted by Gasteiger charge is 2.42. The van der Waals surface area contributed by atoms with Crippen LogP contribution in [0.4, 0.5) is 8.78 Å². The number of nitrogens with one attached hydrogen (secondary N) is 1. The van der Waals surface area contributed by atoms with Gasteiger partial charge >= 0.3 is 0 Å². The summed E-state index contributed by atoms with van der Waals surface area (Å²) in [5, 5.41) is 6.70. The molecule has 1 aromatic carbocycles. The molecule has 1 unspecified atom stereocenters. The topological polar surface area (TPSA) is 87.5 Å². The minimum Gasteiger partial charge on any atom is -0.322 e. The molecular weight excluding hydrogens is 444 g/mol. The molecule has 1 N–H and O–H groups in total. The first kappa shape index (κ1) is 22.6. The number of likely N-dealkylation sites (tertiary alicyclic amines) is 1. The highest BCUT2D eigenvalue weighted by molar-refractivity contribution is 6.05. The van der Waals surface area contributed by atoms with Crippen molar-refractivity contribution in [2.75, 3.05) is 13.1 Å². The maximum Gasteiger partial charge on any atom is 0.255 e. The smallest absolute Gasteiger partial charge is 0.255 e. The Bertz CT molecular complexity index is 1170. The lowest BCUT2D eigenvalue weighted by Crippen LogP contribution is -2.52. The van der Waals surface area contributed by atoms with Gasteiger partial charge in [-0.15, -0.1) is 0 Å². The number of aryl methyl sites for hydroxylation is 2. The number of carbonyl (C=O) groups is 3. The summed E-state index contributed by atoms with van der Waals surface area (Å²) >= 11 is 0. The van der Waals surface area contributed by atoms with Crippen LogP contribution in [0.2, 0.25) is 0 Å². The van der Waals surface area contributed by atoms with Gasteiger partial charge < -0.3 is 4.90 Å². The summed E-state index contributed by atoms with van der Waals surface area (Å²) in [4.78, 5) is 40.0. The standard InChI is InChI=1S/C24H27F2N5O3/c1-13-9-15(28-29(13)2)11-30-7-5-14(6-8-30)21-18(25)10-16-17(22(21)26)12-31(24(16)34)19-3-4-20(32)27-23(19)33/h9-10,14,19H,3-8,11-12H2,1-2H3,(H,27,32,33). The Labute approximate surface area is 195 Å². The maximum atomic E-state index is 15.6. The Morgan fingerprint density at radius 1 is 1.12 bits per heavy atom. The van der Waals surface area contributed by atoms with E-state index in [9.17, 15) is 14.4 Å². The van der Waals surface area contributed by atoms with Crippen LogP contribution in [0.3, 0.4) is 0 Å². The summed E-state index contributed by atoms with van der Waals surface area (Å²) in [5.41, 5.74) is 2.18. The summed E-state index contributed by atoms with van der Waals surface area (Å²) in [6.07, 6.45) is 1.48. The van der Waals surface area contributed by atoms with Crippen LogP contribution in [0.5, 0.6) is 0 Å². The molecule has 3 aliphatic rings. The van der Waals surface area contributed by atoms with E-state index in [1.807, 2.05) is 24.7 Å². The van der Waals surface area contributed by atoms with Crippen LogP contribution >= 0.6 is 0 Å². The van der Waals surface area contributed by atoms with Gasteiger partial charge in [0.2, 0.25) is 11.8 Å². The number of nitrogens with zero attached hydrogens (tertiary/aromatic N) is 4. The normalized spacial score (nSPS) is 21.8. The zero-order valence-corrected chi connectivity index (χ0v) is 19.2. The van der Waals surface area contributed by atoms with Gasteiger partial charge in [0, 0.05) is 36.8 Å². The fourth-order valence-corrected chi connectivity index (χ4v) is 5.35. The van der Waals surface area contributed by atoms with E-state index < -0.39 is 35.4 Å². The van der Waals surface area contributed by atoms with Gasteiger partial charge in [-0.25, -0.2) is 8.78 Å². The first-order valence-corrected chi connectivity index (χ1v) is 11.6. The van der Waals surface area contributed by atoms with E-state index in [1.165, 1.54) is 4.90 Å². The van der Waals surface area contributed by atoms with Crippen LogP contribution in [0.15, 0.2) is 12.1 Å². The van der Waals surface area contributed by atoms with Gasteiger partial charge in [-0.1, -0.05) is 0 Å². The van der Waals surface area contributed by atoms with Gasteiger partial charge in [0.1, 0.15) is 17.7 Å². The van der Waals surface area contributed by atoms with Crippen LogP contribution in [0, 0.1) is 18.6 Å². The Kier molecular flexibility index (Phi) is 5.71. The highest BCUT2D eigenvalue weighted by Crippen LogP contribution is 2.38. The maximum absolute atomic E-state index is 15.6. The molecule has 0 radical (unpaired) electrons. The molecule has 0 saturated carbocycles. The second-order valence-electron chi connectivity index (χ2n) is 9.46. The lowest BCUT2D eigenvalue weighted by Gasteiger charge is -2.32. The number of benzene rings is 1. The number of amides is 3. The molecule has 10 heteroatoms. The van der Waals surface area contributed by atoms with E-state index in [0.29, 0.717) is 32.5 Å². The molecule has 5 rings (SSSR count). The van der Waals surface area contributed by atoms with Gasteiger partial charge in [-0.2, -0.15) is 5.10 Å². The minimum absolute atomic E-state index is 0.0324. The predicted molar refractivity (Wildman–Crippen MR) is 118 cm³/mol. The monoisotopic (exact) mass is 471 g/mol. The Morgan fingerprint density at radius 2 is 1.85 bits per heavy atom. The fourth-order valence-electron chi connectivity index (χ4n) is 5.35. The molecule has 2 aromatic rings. The van der Waals surface area contributed by atoms with Crippen molar-refractivity contribution in [3.63, 3.8) is 0 Å². The number of hydrogen-bond donors (Lipinski definition) is 1.